The van der Waals surface area contributed by atoms with Gasteiger partial charge in [-0.25, -0.2) is 4.98 Å². The minimum atomic E-state index is 0.944. The fourth-order valence-electron chi connectivity index (χ4n) is 9.38. The Kier molecular flexibility index (Phi) is 10.3. The minimum Gasteiger partial charge on any atom is -0.248 e. The molecule has 0 unspecified atom stereocenters. The molecule has 3 aromatic heterocycles. The van der Waals surface area contributed by atoms with Gasteiger partial charge >= 0.3 is 0 Å². The van der Waals surface area contributed by atoms with Crippen LogP contribution in [0.5, 0.6) is 0 Å². The van der Waals surface area contributed by atoms with Crippen LogP contribution in [0, 0.1) is 0 Å². The first-order valence-electron chi connectivity index (χ1n) is 22.4. The van der Waals surface area contributed by atoms with E-state index >= 15 is 0 Å². The number of hydrogen-bond donors (Lipinski definition) is 0. The lowest BCUT2D eigenvalue weighted by atomic mass is 9.90. The standard InChI is InChI=1S/C63H41NS2/c1-7-21-42(22-8-1)56-40-49(41-57(64-56)43-23-9-2-10-24-43)48-37-50(52-33-19-35-54-58(44-25-11-3-12-26-44)60(65-62(52)54)46-29-15-5-16-30-46)39-51(38-48)53-34-20-36-55-59(45-27-13-4-14-28-45)61(66-63(53)55)47-31-17-6-18-32-47/h1-41H. The molecule has 9 aromatic carbocycles. The Labute approximate surface area is 393 Å². The van der Waals surface area contributed by atoms with Crippen LogP contribution in [0.2, 0.25) is 0 Å². The first-order chi connectivity index (χ1) is 32.7. The van der Waals surface area contributed by atoms with Crippen molar-refractivity contribution in [3.05, 3.63) is 249 Å². The molecular formula is C63H41NS2. The van der Waals surface area contributed by atoms with Gasteiger partial charge in [0.2, 0.25) is 0 Å². The van der Waals surface area contributed by atoms with Crippen molar-refractivity contribution in [2.24, 2.45) is 0 Å². The van der Waals surface area contributed by atoms with Crippen molar-refractivity contribution < 1.29 is 0 Å². The highest BCUT2D eigenvalue weighted by Gasteiger charge is 2.22. The lowest BCUT2D eigenvalue weighted by Gasteiger charge is -2.15. The van der Waals surface area contributed by atoms with Gasteiger partial charge in [-0.3, -0.25) is 0 Å². The Morgan fingerprint density at radius 3 is 0.939 bits per heavy atom. The number of fused-ring (bicyclic) bond motifs is 2. The number of hydrogen-bond acceptors (Lipinski definition) is 3. The molecule has 0 spiro atoms. The molecule has 0 N–H and O–H groups in total. The summed E-state index contributed by atoms with van der Waals surface area (Å²) in [6.07, 6.45) is 0. The summed E-state index contributed by atoms with van der Waals surface area (Å²) in [5, 5.41) is 2.52. The molecule has 0 amide bonds. The van der Waals surface area contributed by atoms with Gasteiger partial charge in [-0.05, 0) is 86.0 Å². The van der Waals surface area contributed by atoms with Crippen molar-refractivity contribution in [1.29, 1.82) is 0 Å². The third kappa shape index (κ3) is 7.35. The molecule has 0 radical (unpaired) electrons. The van der Waals surface area contributed by atoms with Crippen molar-refractivity contribution in [3.63, 3.8) is 0 Å². The second-order valence-electron chi connectivity index (χ2n) is 16.6. The van der Waals surface area contributed by atoms with Gasteiger partial charge in [0.1, 0.15) is 0 Å². The highest BCUT2D eigenvalue weighted by molar-refractivity contribution is 7.24. The second kappa shape index (κ2) is 17.2. The first kappa shape index (κ1) is 39.6. The Bertz CT molecular complexity index is 3420. The maximum atomic E-state index is 5.29. The molecule has 0 fully saturated rings. The quantitative estimate of drug-likeness (QED) is 0.141. The summed E-state index contributed by atoms with van der Waals surface area (Å²) in [5.41, 5.74) is 18.6. The zero-order valence-electron chi connectivity index (χ0n) is 35.9. The van der Waals surface area contributed by atoms with E-state index in [0.717, 1.165) is 33.6 Å². The van der Waals surface area contributed by atoms with Crippen molar-refractivity contribution in [2.45, 2.75) is 0 Å². The zero-order valence-corrected chi connectivity index (χ0v) is 37.6. The molecule has 1 nitrogen and oxygen atoms in total. The van der Waals surface area contributed by atoms with Crippen molar-refractivity contribution in [2.75, 3.05) is 0 Å². The first-order valence-corrected chi connectivity index (χ1v) is 24.0. The van der Waals surface area contributed by atoms with Crippen LogP contribution in [0.3, 0.4) is 0 Å². The summed E-state index contributed by atoms with van der Waals surface area (Å²) in [5.74, 6) is 0. The maximum absolute atomic E-state index is 5.29. The van der Waals surface area contributed by atoms with Gasteiger partial charge in [0, 0.05) is 52.2 Å². The number of aromatic nitrogens is 1. The molecule has 0 saturated heterocycles. The van der Waals surface area contributed by atoms with Gasteiger partial charge < -0.3 is 0 Å². The van der Waals surface area contributed by atoms with Gasteiger partial charge in [-0.2, -0.15) is 0 Å². The van der Waals surface area contributed by atoms with Crippen molar-refractivity contribution in [3.8, 4) is 99.0 Å². The lowest BCUT2D eigenvalue weighted by Crippen LogP contribution is -1.92. The maximum Gasteiger partial charge on any atom is 0.0715 e. The topological polar surface area (TPSA) is 12.9 Å². The molecule has 3 heterocycles. The minimum absolute atomic E-state index is 0.944. The summed E-state index contributed by atoms with van der Waals surface area (Å²) in [6, 6.07) is 90.1. The molecular weight excluding hydrogens is 835 g/mol. The van der Waals surface area contributed by atoms with E-state index in [4.69, 9.17) is 4.98 Å². The molecule has 0 aliphatic rings. The third-order valence-corrected chi connectivity index (χ3v) is 15.1. The van der Waals surface area contributed by atoms with Crippen LogP contribution in [-0.2, 0) is 0 Å². The molecule has 0 bridgehead atoms. The lowest BCUT2D eigenvalue weighted by molar-refractivity contribution is 1.32. The van der Waals surface area contributed by atoms with Gasteiger partial charge in [-0.1, -0.05) is 218 Å². The Morgan fingerprint density at radius 2 is 0.561 bits per heavy atom. The number of benzene rings is 9. The molecule has 3 heteroatoms. The van der Waals surface area contributed by atoms with Gasteiger partial charge in [-0.15, -0.1) is 22.7 Å². The van der Waals surface area contributed by atoms with Crippen LogP contribution in [-0.4, -0.2) is 4.98 Å². The predicted molar refractivity (Wildman–Crippen MR) is 284 cm³/mol. The number of pyridine rings is 1. The van der Waals surface area contributed by atoms with E-state index in [0.29, 0.717) is 0 Å². The van der Waals surface area contributed by atoms with E-state index < -0.39 is 0 Å². The zero-order chi connectivity index (χ0) is 43.8. The van der Waals surface area contributed by atoms with Gasteiger partial charge in [0.15, 0.2) is 0 Å². The van der Waals surface area contributed by atoms with E-state index in [9.17, 15) is 0 Å². The largest absolute Gasteiger partial charge is 0.248 e. The van der Waals surface area contributed by atoms with Gasteiger partial charge in [0.25, 0.3) is 0 Å². The van der Waals surface area contributed by atoms with Crippen LogP contribution >= 0.6 is 22.7 Å². The average molecular weight is 876 g/mol. The molecule has 0 aliphatic heterocycles. The molecule has 12 rings (SSSR count). The van der Waals surface area contributed by atoms with Crippen LogP contribution < -0.4 is 0 Å². The summed E-state index contributed by atoms with van der Waals surface area (Å²) in [4.78, 5) is 7.84. The van der Waals surface area contributed by atoms with Crippen LogP contribution in [0.15, 0.2) is 249 Å². The van der Waals surface area contributed by atoms with Crippen molar-refractivity contribution in [1.82, 2.24) is 4.98 Å². The highest BCUT2D eigenvalue weighted by Crippen LogP contribution is 2.51. The number of rotatable bonds is 9. The summed E-state index contributed by atoms with van der Waals surface area (Å²) >= 11 is 3.78. The SMILES string of the molecule is c1ccc(-c2cc(-c3cc(-c4cccc5c(-c6ccccc6)c(-c6ccccc6)sc45)cc(-c4cccc5c(-c6ccccc6)c(-c6ccccc6)sc45)c3)cc(-c3ccccc3)n2)cc1. The molecule has 0 saturated carbocycles. The fourth-order valence-corrected chi connectivity index (χ4v) is 12.1. The summed E-state index contributed by atoms with van der Waals surface area (Å²) in [7, 11) is 0. The molecule has 310 valence electrons. The Balaban J connectivity index is 1.14. The Morgan fingerprint density at radius 1 is 0.242 bits per heavy atom. The molecule has 0 aliphatic carbocycles. The number of thiophene rings is 2. The predicted octanol–water partition coefficient (Wildman–Crippen LogP) is 18.5. The fraction of sp³-hybridized carbons (Fsp3) is 0. The van der Waals surface area contributed by atoms with E-state index in [2.05, 4.69) is 249 Å². The van der Waals surface area contributed by atoms with Crippen LogP contribution in [0.1, 0.15) is 0 Å². The highest BCUT2D eigenvalue weighted by atomic mass is 32.1. The molecule has 0 atom stereocenters. The van der Waals surface area contributed by atoms with Crippen LogP contribution in [0.25, 0.3) is 119 Å². The van der Waals surface area contributed by atoms with E-state index in [1.807, 2.05) is 22.7 Å². The molecule has 12 aromatic rings. The van der Waals surface area contributed by atoms with Crippen LogP contribution in [0.4, 0.5) is 0 Å². The number of nitrogens with zero attached hydrogens (tertiary/aromatic N) is 1. The van der Waals surface area contributed by atoms with E-state index in [-0.39, 0.29) is 0 Å². The van der Waals surface area contributed by atoms with Gasteiger partial charge in [0.05, 0.1) is 11.4 Å². The second-order valence-corrected chi connectivity index (χ2v) is 18.6. The smallest absolute Gasteiger partial charge is 0.0715 e. The Hall–Kier alpha value is -7.95. The average Bonchev–Trinajstić information content (AvgIpc) is 4.00. The summed E-state index contributed by atoms with van der Waals surface area (Å²) < 4.78 is 2.55. The summed E-state index contributed by atoms with van der Waals surface area (Å²) in [6.45, 7) is 0. The normalized spacial score (nSPS) is 11.3. The van der Waals surface area contributed by atoms with Crippen molar-refractivity contribution >= 4 is 42.8 Å². The third-order valence-electron chi connectivity index (χ3n) is 12.5. The van der Waals surface area contributed by atoms with E-state index in [1.165, 1.54) is 85.6 Å². The molecule has 66 heavy (non-hydrogen) atoms. The monoisotopic (exact) mass is 875 g/mol. The van der Waals surface area contributed by atoms with E-state index in [1.54, 1.807) is 0 Å².